The summed E-state index contributed by atoms with van der Waals surface area (Å²) in [5.74, 6) is -0.510. The Morgan fingerprint density at radius 2 is 2.06 bits per heavy atom. The number of hydrogen-bond acceptors (Lipinski definition) is 2. The van der Waals surface area contributed by atoms with Crippen molar-refractivity contribution in [2.45, 2.75) is 6.92 Å². The van der Waals surface area contributed by atoms with Crippen LogP contribution in [0.3, 0.4) is 0 Å². The van der Waals surface area contributed by atoms with E-state index >= 15 is 0 Å². The van der Waals surface area contributed by atoms with Gasteiger partial charge in [-0.1, -0.05) is 17.7 Å². The van der Waals surface area contributed by atoms with Crippen molar-refractivity contribution >= 4 is 23.0 Å². The van der Waals surface area contributed by atoms with Crippen LogP contribution < -0.4 is 5.32 Å². The molecule has 0 unspecified atom stereocenters. The Kier molecular flexibility index (Phi) is 3.06. The van der Waals surface area contributed by atoms with E-state index in [1.165, 1.54) is 12.3 Å². The predicted molar refractivity (Wildman–Crippen MR) is 63.7 cm³/mol. The lowest BCUT2D eigenvalue weighted by atomic mass is 10.2. The standard InChI is InChI=1S/C12H10ClFN2/c1-8-2-3-9(13)6-11(8)16-10-4-5-15-12(14)7-10/h2-7H,1H3,(H,15,16). The van der Waals surface area contributed by atoms with E-state index in [-0.39, 0.29) is 0 Å². The van der Waals surface area contributed by atoms with Gasteiger partial charge in [-0.3, -0.25) is 0 Å². The summed E-state index contributed by atoms with van der Waals surface area (Å²) in [5.41, 5.74) is 2.55. The van der Waals surface area contributed by atoms with Gasteiger partial charge in [0.15, 0.2) is 0 Å². The van der Waals surface area contributed by atoms with Gasteiger partial charge in [0.2, 0.25) is 5.95 Å². The summed E-state index contributed by atoms with van der Waals surface area (Å²) in [7, 11) is 0. The number of nitrogens with zero attached hydrogens (tertiary/aromatic N) is 1. The monoisotopic (exact) mass is 236 g/mol. The van der Waals surface area contributed by atoms with Gasteiger partial charge >= 0.3 is 0 Å². The Morgan fingerprint density at radius 3 is 2.81 bits per heavy atom. The van der Waals surface area contributed by atoms with E-state index in [4.69, 9.17) is 11.6 Å². The molecule has 2 rings (SSSR count). The lowest BCUT2D eigenvalue weighted by Crippen LogP contribution is -1.94. The Labute approximate surface area is 98.1 Å². The van der Waals surface area contributed by atoms with Gasteiger partial charge in [-0.05, 0) is 30.7 Å². The number of anilines is 2. The lowest BCUT2D eigenvalue weighted by Gasteiger charge is -2.09. The SMILES string of the molecule is Cc1ccc(Cl)cc1Nc1ccnc(F)c1. The molecule has 0 saturated heterocycles. The Hall–Kier alpha value is -1.61. The number of pyridine rings is 1. The minimum absolute atomic E-state index is 0.510. The molecule has 0 atom stereocenters. The van der Waals surface area contributed by atoms with Crippen LogP contribution in [0.15, 0.2) is 36.5 Å². The van der Waals surface area contributed by atoms with E-state index in [2.05, 4.69) is 10.3 Å². The third-order valence-electron chi connectivity index (χ3n) is 2.21. The topological polar surface area (TPSA) is 24.9 Å². The average Bonchev–Trinajstić information content (AvgIpc) is 2.24. The number of nitrogens with one attached hydrogen (secondary N) is 1. The molecule has 16 heavy (non-hydrogen) atoms. The molecule has 2 nitrogen and oxygen atoms in total. The first kappa shape index (κ1) is 10.9. The van der Waals surface area contributed by atoms with Crippen LogP contribution in [0, 0.1) is 12.9 Å². The molecule has 2 aromatic rings. The van der Waals surface area contributed by atoms with Crippen molar-refractivity contribution in [1.82, 2.24) is 4.98 Å². The number of hydrogen-bond donors (Lipinski definition) is 1. The van der Waals surface area contributed by atoms with Crippen molar-refractivity contribution in [1.29, 1.82) is 0 Å². The zero-order valence-electron chi connectivity index (χ0n) is 8.67. The molecule has 82 valence electrons. The highest BCUT2D eigenvalue weighted by molar-refractivity contribution is 6.30. The normalized spacial score (nSPS) is 10.2. The van der Waals surface area contributed by atoms with Gasteiger partial charge in [0.1, 0.15) is 0 Å². The van der Waals surface area contributed by atoms with Crippen LogP contribution >= 0.6 is 11.6 Å². The highest BCUT2D eigenvalue weighted by atomic mass is 35.5. The van der Waals surface area contributed by atoms with Crippen LogP contribution in [0.2, 0.25) is 5.02 Å². The summed E-state index contributed by atoms with van der Waals surface area (Å²) in [6, 6.07) is 8.55. The van der Waals surface area contributed by atoms with Gasteiger partial charge in [-0.2, -0.15) is 4.39 Å². The molecule has 0 spiro atoms. The first-order chi connectivity index (χ1) is 7.65. The molecule has 0 radical (unpaired) electrons. The molecule has 1 aromatic heterocycles. The fourth-order valence-corrected chi connectivity index (χ4v) is 1.54. The molecule has 0 fully saturated rings. The maximum Gasteiger partial charge on any atom is 0.214 e. The van der Waals surface area contributed by atoms with Crippen LogP contribution in [0.25, 0.3) is 0 Å². The third kappa shape index (κ3) is 2.49. The summed E-state index contributed by atoms with van der Waals surface area (Å²) < 4.78 is 12.9. The third-order valence-corrected chi connectivity index (χ3v) is 2.44. The van der Waals surface area contributed by atoms with Gasteiger partial charge in [0.25, 0.3) is 0 Å². The second-order valence-electron chi connectivity index (χ2n) is 3.45. The van der Waals surface area contributed by atoms with E-state index in [1.807, 2.05) is 19.1 Å². The molecule has 4 heteroatoms. The molecule has 1 heterocycles. The molecule has 0 bridgehead atoms. The summed E-state index contributed by atoms with van der Waals surface area (Å²) in [6.45, 7) is 1.95. The molecule has 0 aliphatic heterocycles. The summed E-state index contributed by atoms with van der Waals surface area (Å²) >= 11 is 5.89. The number of aryl methyl sites for hydroxylation is 1. The van der Waals surface area contributed by atoms with Gasteiger partial charge in [-0.25, -0.2) is 4.98 Å². The van der Waals surface area contributed by atoms with Crippen molar-refractivity contribution in [3.05, 3.63) is 53.1 Å². The summed E-state index contributed by atoms with van der Waals surface area (Å²) in [5, 5.41) is 3.73. The molecule has 1 aromatic carbocycles. The smallest absolute Gasteiger partial charge is 0.214 e. The highest BCUT2D eigenvalue weighted by Gasteiger charge is 2.01. The van der Waals surface area contributed by atoms with Crippen LogP contribution in [-0.4, -0.2) is 4.98 Å². The van der Waals surface area contributed by atoms with Crippen LogP contribution in [0.5, 0.6) is 0 Å². The lowest BCUT2D eigenvalue weighted by molar-refractivity contribution is 0.584. The van der Waals surface area contributed by atoms with E-state index in [1.54, 1.807) is 12.1 Å². The molecule has 0 aliphatic rings. The number of rotatable bonds is 2. The Bertz CT molecular complexity index is 514. The molecular formula is C12H10ClFN2. The van der Waals surface area contributed by atoms with Gasteiger partial charge in [-0.15, -0.1) is 0 Å². The van der Waals surface area contributed by atoms with Crippen LogP contribution in [0.1, 0.15) is 5.56 Å². The molecule has 1 N–H and O–H groups in total. The Balaban J connectivity index is 2.30. The minimum Gasteiger partial charge on any atom is -0.355 e. The van der Waals surface area contributed by atoms with E-state index < -0.39 is 5.95 Å². The van der Waals surface area contributed by atoms with Gasteiger partial charge in [0, 0.05) is 28.7 Å². The van der Waals surface area contributed by atoms with Gasteiger partial charge in [0.05, 0.1) is 0 Å². The van der Waals surface area contributed by atoms with Crippen LogP contribution in [0.4, 0.5) is 15.8 Å². The van der Waals surface area contributed by atoms with Crippen molar-refractivity contribution in [3.8, 4) is 0 Å². The molecular weight excluding hydrogens is 227 g/mol. The summed E-state index contributed by atoms with van der Waals surface area (Å²) in [4.78, 5) is 3.49. The first-order valence-corrected chi connectivity index (χ1v) is 5.18. The molecule has 0 aliphatic carbocycles. The fraction of sp³-hybridized carbons (Fsp3) is 0.0833. The second kappa shape index (κ2) is 4.49. The summed E-state index contributed by atoms with van der Waals surface area (Å²) in [6.07, 6.45) is 1.41. The van der Waals surface area contributed by atoms with E-state index in [0.29, 0.717) is 10.7 Å². The first-order valence-electron chi connectivity index (χ1n) is 4.80. The van der Waals surface area contributed by atoms with Crippen molar-refractivity contribution in [2.24, 2.45) is 0 Å². The number of benzene rings is 1. The molecule has 0 saturated carbocycles. The van der Waals surface area contributed by atoms with Crippen molar-refractivity contribution in [3.63, 3.8) is 0 Å². The second-order valence-corrected chi connectivity index (χ2v) is 3.89. The fourth-order valence-electron chi connectivity index (χ4n) is 1.36. The number of aromatic nitrogens is 1. The van der Waals surface area contributed by atoms with Gasteiger partial charge < -0.3 is 5.32 Å². The zero-order chi connectivity index (χ0) is 11.5. The maximum atomic E-state index is 12.9. The zero-order valence-corrected chi connectivity index (χ0v) is 9.42. The predicted octanol–water partition coefficient (Wildman–Crippen LogP) is 3.93. The minimum atomic E-state index is -0.510. The largest absolute Gasteiger partial charge is 0.355 e. The quantitative estimate of drug-likeness (QED) is 0.800. The van der Waals surface area contributed by atoms with Crippen LogP contribution in [-0.2, 0) is 0 Å². The average molecular weight is 237 g/mol. The maximum absolute atomic E-state index is 12.9. The van der Waals surface area contributed by atoms with Crippen molar-refractivity contribution < 1.29 is 4.39 Å². The van der Waals surface area contributed by atoms with E-state index in [9.17, 15) is 4.39 Å². The highest BCUT2D eigenvalue weighted by Crippen LogP contribution is 2.23. The van der Waals surface area contributed by atoms with Crippen molar-refractivity contribution in [2.75, 3.05) is 5.32 Å². The number of halogens is 2. The molecule has 0 amide bonds. The van der Waals surface area contributed by atoms with E-state index in [0.717, 1.165) is 11.3 Å². The Morgan fingerprint density at radius 1 is 1.25 bits per heavy atom.